The maximum atomic E-state index is 12.4. The first-order valence-electron chi connectivity index (χ1n) is 7.10. The van der Waals surface area contributed by atoms with Crippen molar-refractivity contribution >= 4 is 9.84 Å². The summed E-state index contributed by atoms with van der Waals surface area (Å²) in [7, 11) is -3.18. The van der Waals surface area contributed by atoms with E-state index in [9.17, 15) is 8.42 Å². The predicted molar refractivity (Wildman–Crippen MR) is 73.5 cm³/mol. The first-order chi connectivity index (χ1) is 8.85. The van der Waals surface area contributed by atoms with Gasteiger partial charge in [0.25, 0.3) is 0 Å². The van der Waals surface area contributed by atoms with Crippen molar-refractivity contribution in [2.45, 2.75) is 56.6 Å². The summed E-state index contributed by atoms with van der Waals surface area (Å²) < 4.78 is 36.2. The third kappa shape index (κ3) is 3.48. The fourth-order valence-electron chi connectivity index (χ4n) is 2.84. The van der Waals surface area contributed by atoms with Crippen LogP contribution in [0.15, 0.2) is 0 Å². The predicted octanol–water partition coefficient (Wildman–Crippen LogP) is 1.07. The topological polar surface area (TPSA) is 78.6 Å². The molecular formula is C13H25NO4S. The Balaban J connectivity index is 2.08. The van der Waals surface area contributed by atoms with Gasteiger partial charge in [0.15, 0.2) is 15.6 Å². The molecule has 0 aromatic carbocycles. The van der Waals surface area contributed by atoms with E-state index in [0.717, 1.165) is 0 Å². The van der Waals surface area contributed by atoms with Crippen LogP contribution in [0, 0.1) is 5.92 Å². The molecule has 1 heterocycles. The van der Waals surface area contributed by atoms with Crippen LogP contribution in [-0.2, 0) is 19.3 Å². The van der Waals surface area contributed by atoms with Crippen LogP contribution in [0.3, 0.4) is 0 Å². The molecule has 1 saturated carbocycles. The Morgan fingerprint density at radius 3 is 2.53 bits per heavy atom. The SMILES string of the molecule is CC(C)CCS(=O)(=O)C1CC2(CCC1N)OCCO2. The van der Waals surface area contributed by atoms with Gasteiger partial charge in [0.2, 0.25) is 0 Å². The highest BCUT2D eigenvalue weighted by Crippen LogP contribution is 2.38. The van der Waals surface area contributed by atoms with E-state index in [-0.39, 0.29) is 11.8 Å². The number of hydrogen-bond donors (Lipinski definition) is 1. The summed E-state index contributed by atoms with van der Waals surface area (Å²) in [6.45, 7) is 5.16. The first kappa shape index (κ1) is 15.2. The maximum Gasteiger partial charge on any atom is 0.169 e. The Bertz CT molecular complexity index is 401. The minimum absolute atomic E-state index is 0.207. The Hall–Kier alpha value is -0.170. The summed E-state index contributed by atoms with van der Waals surface area (Å²) in [5.74, 6) is -0.104. The van der Waals surface area contributed by atoms with Crippen LogP contribution in [-0.4, -0.2) is 44.5 Å². The van der Waals surface area contributed by atoms with Crippen molar-refractivity contribution in [2.24, 2.45) is 11.7 Å². The third-order valence-electron chi connectivity index (χ3n) is 4.10. The van der Waals surface area contributed by atoms with Gasteiger partial charge in [0.1, 0.15) is 0 Å². The molecule has 1 saturated heterocycles. The lowest BCUT2D eigenvalue weighted by Gasteiger charge is -2.39. The summed E-state index contributed by atoms with van der Waals surface area (Å²) in [6.07, 6.45) is 2.41. The van der Waals surface area contributed by atoms with E-state index >= 15 is 0 Å². The average Bonchev–Trinajstić information content (AvgIpc) is 2.79. The molecule has 2 atom stereocenters. The van der Waals surface area contributed by atoms with E-state index in [1.807, 2.05) is 13.8 Å². The minimum atomic E-state index is -3.18. The molecule has 6 heteroatoms. The molecule has 0 amide bonds. The molecule has 1 aliphatic heterocycles. The van der Waals surface area contributed by atoms with Crippen molar-refractivity contribution in [3.63, 3.8) is 0 Å². The van der Waals surface area contributed by atoms with Crippen molar-refractivity contribution < 1.29 is 17.9 Å². The molecule has 112 valence electrons. The highest BCUT2D eigenvalue weighted by Gasteiger charge is 2.48. The third-order valence-corrected chi connectivity index (χ3v) is 6.35. The molecule has 0 radical (unpaired) electrons. The molecule has 2 rings (SSSR count). The molecule has 2 aliphatic rings. The maximum absolute atomic E-state index is 12.4. The number of sulfone groups is 1. The van der Waals surface area contributed by atoms with Crippen LogP contribution in [0.25, 0.3) is 0 Å². The molecule has 5 nitrogen and oxygen atoms in total. The standard InChI is InChI=1S/C13H25NO4S/c1-10(2)4-8-19(15,16)12-9-13(5-3-11(12)14)17-6-7-18-13/h10-12H,3-9,14H2,1-2H3. The van der Waals surface area contributed by atoms with Crippen LogP contribution in [0.1, 0.15) is 39.5 Å². The summed E-state index contributed by atoms with van der Waals surface area (Å²) >= 11 is 0. The Kier molecular flexibility index (Phi) is 4.55. The van der Waals surface area contributed by atoms with Gasteiger partial charge in [0, 0.05) is 18.9 Å². The molecule has 2 unspecified atom stereocenters. The van der Waals surface area contributed by atoms with Gasteiger partial charge in [-0.05, 0) is 18.8 Å². The zero-order chi connectivity index (χ0) is 14.1. The minimum Gasteiger partial charge on any atom is -0.347 e. The van der Waals surface area contributed by atoms with Crippen molar-refractivity contribution in [2.75, 3.05) is 19.0 Å². The van der Waals surface area contributed by atoms with Gasteiger partial charge in [-0.3, -0.25) is 0 Å². The number of rotatable bonds is 4. The second kappa shape index (κ2) is 5.68. The van der Waals surface area contributed by atoms with E-state index in [1.165, 1.54) is 0 Å². The van der Waals surface area contributed by atoms with Gasteiger partial charge >= 0.3 is 0 Å². The van der Waals surface area contributed by atoms with Crippen molar-refractivity contribution in [3.8, 4) is 0 Å². The molecular weight excluding hydrogens is 266 g/mol. The van der Waals surface area contributed by atoms with Crippen LogP contribution in [0.5, 0.6) is 0 Å². The lowest BCUT2D eigenvalue weighted by Crippen LogP contribution is -2.52. The lowest BCUT2D eigenvalue weighted by atomic mass is 9.90. The van der Waals surface area contributed by atoms with Crippen molar-refractivity contribution in [3.05, 3.63) is 0 Å². The van der Waals surface area contributed by atoms with Crippen LogP contribution in [0.4, 0.5) is 0 Å². The van der Waals surface area contributed by atoms with Gasteiger partial charge in [-0.15, -0.1) is 0 Å². The Labute approximate surface area is 115 Å². The van der Waals surface area contributed by atoms with Gasteiger partial charge in [0.05, 0.1) is 24.2 Å². The van der Waals surface area contributed by atoms with E-state index in [0.29, 0.717) is 44.8 Å². The average molecular weight is 291 g/mol. The molecule has 0 aromatic heterocycles. The summed E-state index contributed by atoms with van der Waals surface area (Å²) in [6, 6.07) is -0.296. The smallest absolute Gasteiger partial charge is 0.169 e. The normalized spacial score (nSPS) is 31.2. The molecule has 2 fully saturated rings. The first-order valence-corrected chi connectivity index (χ1v) is 8.81. The highest BCUT2D eigenvalue weighted by molar-refractivity contribution is 7.92. The zero-order valence-electron chi connectivity index (χ0n) is 11.8. The van der Waals surface area contributed by atoms with E-state index in [4.69, 9.17) is 15.2 Å². The zero-order valence-corrected chi connectivity index (χ0v) is 12.6. The molecule has 1 spiro atoms. The molecule has 1 aliphatic carbocycles. The quantitative estimate of drug-likeness (QED) is 0.838. The summed E-state index contributed by atoms with van der Waals surface area (Å²) in [5, 5.41) is -0.530. The number of ether oxygens (including phenoxy) is 2. The monoisotopic (exact) mass is 291 g/mol. The number of hydrogen-bond acceptors (Lipinski definition) is 5. The van der Waals surface area contributed by atoms with Crippen LogP contribution < -0.4 is 5.73 Å². The van der Waals surface area contributed by atoms with Gasteiger partial charge < -0.3 is 15.2 Å². The van der Waals surface area contributed by atoms with Crippen LogP contribution >= 0.6 is 0 Å². The highest BCUT2D eigenvalue weighted by atomic mass is 32.2. The van der Waals surface area contributed by atoms with Gasteiger partial charge in [-0.25, -0.2) is 8.42 Å². The largest absolute Gasteiger partial charge is 0.347 e. The fourth-order valence-corrected chi connectivity index (χ4v) is 5.12. The number of nitrogens with two attached hydrogens (primary N) is 1. The van der Waals surface area contributed by atoms with E-state index in [2.05, 4.69) is 0 Å². The summed E-state index contributed by atoms with van der Waals surface area (Å²) in [4.78, 5) is 0. The van der Waals surface area contributed by atoms with Crippen LogP contribution in [0.2, 0.25) is 0 Å². The lowest BCUT2D eigenvalue weighted by molar-refractivity contribution is -0.177. The second-order valence-corrected chi connectivity index (χ2v) is 8.44. The second-order valence-electron chi connectivity index (χ2n) is 6.10. The molecule has 2 N–H and O–H groups in total. The van der Waals surface area contributed by atoms with E-state index < -0.39 is 20.9 Å². The van der Waals surface area contributed by atoms with Gasteiger partial charge in [-0.1, -0.05) is 13.8 Å². The van der Waals surface area contributed by atoms with Crippen molar-refractivity contribution in [1.82, 2.24) is 0 Å². The van der Waals surface area contributed by atoms with Crippen molar-refractivity contribution in [1.29, 1.82) is 0 Å². The molecule has 0 aromatic rings. The summed E-state index contributed by atoms with van der Waals surface area (Å²) in [5.41, 5.74) is 6.03. The van der Waals surface area contributed by atoms with Gasteiger partial charge in [-0.2, -0.15) is 0 Å². The molecule has 19 heavy (non-hydrogen) atoms. The fraction of sp³-hybridized carbons (Fsp3) is 1.00. The Morgan fingerprint density at radius 2 is 1.95 bits per heavy atom. The van der Waals surface area contributed by atoms with E-state index in [1.54, 1.807) is 0 Å². The molecule has 0 bridgehead atoms. The Morgan fingerprint density at radius 1 is 1.32 bits per heavy atom.